The van der Waals surface area contributed by atoms with E-state index in [2.05, 4.69) is 51.8 Å². The lowest BCUT2D eigenvalue weighted by Gasteiger charge is -2.39. The van der Waals surface area contributed by atoms with Gasteiger partial charge < -0.3 is 16.0 Å². The maximum atomic E-state index is 14.9. The number of rotatable bonds is 15. The molecule has 2 spiro atoms. The highest BCUT2D eigenvalue weighted by molar-refractivity contribution is 6.36. The molecule has 0 bridgehead atoms. The molecule has 2 amide bonds. The molecule has 0 aromatic rings. The molecule has 3 N–H and O–H groups in total. The van der Waals surface area contributed by atoms with E-state index in [1.807, 2.05) is 25.7 Å². The molecule has 3 saturated carbocycles. The van der Waals surface area contributed by atoms with Gasteiger partial charge in [0.05, 0.1) is 6.04 Å². The number of primary amides is 1. The van der Waals surface area contributed by atoms with Gasteiger partial charge in [-0.2, -0.15) is 0 Å². The Morgan fingerprint density at radius 2 is 1.52 bits per heavy atom. The fraction of sp³-hybridized carbons (Fsp3) is 0.878. The van der Waals surface area contributed by atoms with Crippen molar-refractivity contribution in [1.29, 1.82) is 0 Å². The molecule has 7 atom stereocenters. The zero-order valence-corrected chi connectivity index (χ0v) is 32.7. The normalized spacial score (nSPS) is 30.8. The van der Waals surface area contributed by atoms with Crippen molar-refractivity contribution < 1.29 is 24.0 Å². The van der Waals surface area contributed by atoms with Crippen molar-refractivity contribution in [1.82, 2.24) is 15.1 Å². The first-order valence-electron chi connectivity index (χ1n) is 19.9. The summed E-state index contributed by atoms with van der Waals surface area (Å²) in [5.41, 5.74) is 4.95. The van der Waals surface area contributed by atoms with E-state index in [1.165, 1.54) is 0 Å². The fourth-order valence-electron chi connectivity index (χ4n) is 11.1. The highest BCUT2D eigenvalue weighted by Crippen LogP contribution is 2.88. The Morgan fingerprint density at radius 1 is 0.900 bits per heavy atom. The van der Waals surface area contributed by atoms with Crippen LogP contribution >= 0.6 is 0 Å². The van der Waals surface area contributed by atoms with Crippen molar-refractivity contribution in [2.75, 3.05) is 26.2 Å². The summed E-state index contributed by atoms with van der Waals surface area (Å²) in [7, 11) is 0. The highest BCUT2D eigenvalue weighted by Gasteiger charge is 2.85. The maximum absolute atomic E-state index is 14.9. The zero-order valence-electron chi connectivity index (χ0n) is 32.7. The van der Waals surface area contributed by atoms with Crippen LogP contribution < -0.4 is 11.1 Å². The summed E-state index contributed by atoms with van der Waals surface area (Å²) in [6.45, 7) is 22.8. The third kappa shape index (κ3) is 7.25. The zero-order chi connectivity index (χ0) is 37.0. The summed E-state index contributed by atoms with van der Waals surface area (Å²) in [6.07, 6.45) is 8.09. The minimum atomic E-state index is -0.985. The van der Waals surface area contributed by atoms with Gasteiger partial charge in [-0.05, 0) is 73.5 Å². The number of ketones is 3. The minimum absolute atomic E-state index is 0.00329. The van der Waals surface area contributed by atoms with Crippen LogP contribution in [0.15, 0.2) is 0 Å². The van der Waals surface area contributed by atoms with Gasteiger partial charge in [0.25, 0.3) is 5.91 Å². The first-order chi connectivity index (χ1) is 23.2. The number of nitrogens with two attached hydrogens (primary N) is 1. The number of fused-ring (bicyclic) bond motifs is 1. The molecule has 2 aliphatic heterocycles. The monoisotopic (exact) mass is 697 g/mol. The van der Waals surface area contributed by atoms with Crippen molar-refractivity contribution >= 4 is 29.2 Å². The van der Waals surface area contributed by atoms with Gasteiger partial charge in [0.15, 0.2) is 5.78 Å². The van der Waals surface area contributed by atoms with Gasteiger partial charge in [-0.25, -0.2) is 0 Å². The summed E-state index contributed by atoms with van der Waals surface area (Å²) < 4.78 is 0. The second-order valence-corrected chi connectivity index (χ2v) is 19.5. The van der Waals surface area contributed by atoms with Gasteiger partial charge in [-0.15, -0.1) is 0 Å². The predicted molar refractivity (Wildman–Crippen MR) is 196 cm³/mol. The molecule has 2 saturated heterocycles. The van der Waals surface area contributed by atoms with Crippen molar-refractivity contribution in [3.8, 4) is 0 Å². The number of nitrogens with one attached hydrogen (secondary N) is 1. The molecule has 9 nitrogen and oxygen atoms in total. The summed E-state index contributed by atoms with van der Waals surface area (Å²) in [5, 5.41) is 3.60. The average Bonchev–Trinajstić information content (AvgIpc) is 3.18. The molecule has 5 aliphatic rings. The molecular formula is C41H68N4O5. The number of carbonyl (C=O) groups excluding carboxylic acids is 5. The van der Waals surface area contributed by atoms with Crippen LogP contribution in [-0.2, 0) is 24.0 Å². The van der Waals surface area contributed by atoms with Crippen LogP contribution in [-0.4, -0.2) is 83.3 Å². The average molecular weight is 697 g/mol. The Kier molecular flexibility index (Phi) is 11.2. The van der Waals surface area contributed by atoms with Crippen LogP contribution in [0.4, 0.5) is 0 Å². The van der Waals surface area contributed by atoms with Crippen LogP contribution in [0.2, 0.25) is 0 Å². The Bertz CT molecular complexity index is 1320. The number of hydrogen-bond acceptors (Lipinski definition) is 7. The van der Waals surface area contributed by atoms with E-state index in [0.29, 0.717) is 49.7 Å². The van der Waals surface area contributed by atoms with Crippen molar-refractivity contribution in [3.05, 3.63) is 0 Å². The van der Waals surface area contributed by atoms with Gasteiger partial charge in [0.1, 0.15) is 5.78 Å². The number of Topliss-reactive ketones (excluding diaryl/α,β-unsaturated/α-hetero) is 3. The van der Waals surface area contributed by atoms with Crippen LogP contribution in [0.5, 0.6) is 0 Å². The van der Waals surface area contributed by atoms with E-state index in [9.17, 15) is 24.0 Å². The van der Waals surface area contributed by atoms with E-state index >= 15 is 0 Å². The first kappa shape index (κ1) is 39.1. The van der Waals surface area contributed by atoms with Gasteiger partial charge in [-0.1, -0.05) is 74.1 Å². The summed E-state index contributed by atoms with van der Waals surface area (Å²) in [5.74, 6) is -2.24. The molecule has 5 rings (SSSR count). The largest absolute Gasteiger partial charge is 0.363 e. The SMILES string of the molecule is CC(C)[C@H](CC(=O)C[C@H](C(=O)N1C[C@]2(C[C@H]1C(=O)CC(CC1CCC1)C(=O)C(N)=O)C(C)(C)C21CCC1)C(C)(C)C)CN1C[C@@H](C)N[C@@H](C)C1. The standard InChI is InChI=1S/C41H68N4O5/c1-25(2)30(23-44-21-26(3)43-27(4)22-44)17-31(46)19-32(38(5,6)7)37(50)45-24-41(39(8,9)40(41)14-11-15-40)20-33(45)34(47)18-29(35(48)36(42)49)16-28-12-10-13-28/h25-30,32-33,43H,10-24H2,1-9H3,(H2,42,49)/t26-,27+,29?,30-,32-,33+,41-/m1/s1. The van der Waals surface area contributed by atoms with E-state index in [0.717, 1.165) is 58.2 Å². The fourth-order valence-corrected chi connectivity index (χ4v) is 11.1. The van der Waals surface area contributed by atoms with Crippen molar-refractivity contribution in [2.24, 2.45) is 57.0 Å². The molecule has 0 aromatic carbocycles. The summed E-state index contributed by atoms with van der Waals surface area (Å²) in [4.78, 5) is 72.7. The van der Waals surface area contributed by atoms with E-state index in [-0.39, 0.29) is 52.5 Å². The van der Waals surface area contributed by atoms with Crippen molar-refractivity contribution in [3.63, 3.8) is 0 Å². The van der Waals surface area contributed by atoms with E-state index in [4.69, 9.17) is 5.73 Å². The number of hydrogen-bond donors (Lipinski definition) is 2. The minimum Gasteiger partial charge on any atom is -0.363 e. The van der Waals surface area contributed by atoms with Crippen molar-refractivity contribution in [2.45, 2.75) is 151 Å². The molecular weight excluding hydrogens is 628 g/mol. The molecule has 0 radical (unpaired) electrons. The van der Waals surface area contributed by atoms with Crippen LogP contribution in [0, 0.1) is 51.2 Å². The lowest BCUT2D eigenvalue weighted by Crippen LogP contribution is -2.55. The van der Waals surface area contributed by atoms with Gasteiger partial charge in [0, 0.05) is 74.8 Å². The topological polar surface area (TPSA) is 130 Å². The number of piperazine rings is 1. The summed E-state index contributed by atoms with van der Waals surface area (Å²) >= 11 is 0. The maximum Gasteiger partial charge on any atom is 0.285 e. The third-order valence-corrected chi connectivity index (χ3v) is 14.7. The molecule has 1 unspecified atom stereocenters. The Hall–Kier alpha value is -2.13. The van der Waals surface area contributed by atoms with E-state index < -0.39 is 35.0 Å². The number of nitrogens with zero attached hydrogens (tertiary/aromatic N) is 2. The van der Waals surface area contributed by atoms with Gasteiger partial charge in [-0.3, -0.25) is 28.9 Å². The lowest BCUT2D eigenvalue weighted by molar-refractivity contribution is -0.147. The van der Waals surface area contributed by atoms with E-state index in [1.54, 1.807) is 0 Å². The molecule has 3 aliphatic carbocycles. The third-order valence-electron chi connectivity index (χ3n) is 14.7. The number of amides is 2. The van der Waals surface area contributed by atoms with Gasteiger partial charge >= 0.3 is 0 Å². The lowest BCUT2D eigenvalue weighted by atomic mass is 9.73. The predicted octanol–water partition coefficient (Wildman–Crippen LogP) is 5.57. The quantitative estimate of drug-likeness (QED) is 0.214. The summed E-state index contributed by atoms with van der Waals surface area (Å²) in [6, 6.07) is 0.149. The number of likely N-dealkylation sites (tertiary alicyclic amines) is 1. The number of carbonyl (C=O) groups is 5. The molecule has 9 heteroatoms. The molecule has 5 fully saturated rings. The smallest absolute Gasteiger partial charge is 0.285 e. The Labute approximate surface area is 302 Å². The molecule has 0 aromatic heterocycles. The molecule has 282 valence electrons. The first-order valence-corrected chi connectivity index (χ1v) is 19.9. The van der Waals surface area contributed by atoms with Crippen LogP contribution in [0.3, 0.4) is 0 Å². The molecule has 2 heterocycles. The Balaban J connectivity index is 1.36. The van der Waals surface area contributed by atoms with Gasteiger partial charge in [0.2, 0.25) is 11.7 Å². The second kappa shape index (κ2) is 14.4. The highest BCUT2D eigenvalue weighted by atomic mass is 16.2. The molecule has 50 heavy (non-hydrogen) atoms. The second-order valence-electron chi connectivity index (χ2n) is 19.5. The van der Waals surface area contributed by atoms with Crippen LogP contribution in [0.1, 0.15) is 133 Å². The van der Waals surface area contributed by atoms with Crippen LogP contribution in [0.25, 0.3) is 0 Å². The Morgan fingerprint density at radius 3 is 1.98 bits per heavy atom.